The molecule has 0 aromatic heterocycles. The summed E-state index contributed by atoms with van der Waals surface area (Å²) in [6.45, 7) is 6.94. The lowest BCUT2D eigenvalue weighted by atomic mass is 9.83. The van der Waals surface area contributed by atoms with Crippen molar-refractivity contribution in [2.24, 2.45) is 5.92 Å². The molecule has 1 spiro atoms. The largest absolute Gasteiger partial charge is 0.378 e. The van der Waals surface area contributed by atoms with E-state index in [1.165, 1.54) is 0 Å². The van der Waals surface area contributed by atoms with Crippen LogP contribution in [0.2, 0.25) is 0 Å². The monoisotopic (exact) mass is 338 g/mol. The van der Waals surface area contributed by atoms with E-state index in [9.17, 15) is 9.59 Å². The molecule has 2 amide bonds. The van der Waals surface area contributed by atoms with Gasteiger partial charge < -0.3 is 14.4 Å². The van der Waals surface area contributed by atoms with Crippen LogP contribution in [0.4, 0.5) is 0 Å². The first-order valence-corrected chi connectivity index (χ1v) is 9.40. The van der Waals surface area contributed by atoms with Gasteiger partial charge >= 0.3 is 0 Å². The van der Waals surface area contributed by atoms with E-state index in [2.05, 4.69) is 6.92 Å². The fraction of sp³-hybridized carbons (Fsp3) is 0.889. The third kappa shape index (κ3) is 3.31. The highest BCUT2D eigenvalue weighted by Gasteiger charge is 2.53. The van der Waals surface area contributed by atoms with E-state index in [4.69, 9.17) is 9.47 Å². The number of hydrogen-bond donors (Lipinski definition) is 0. The third-order valence-corrected chi connectivity index (χ3v) is 5.66. The van der Waals surface area contributed by atoms with Crippen molar-refractivity contribution in [1.82, 2.24) is 9.80 Å². The standard InChI is InChI=1S/C18H30N2O4/c1-3-4-16(21)20-15(17(22)19-9-11-23-12-10-19)13-24-18(20)7-5-14(2)6-8-18/h14-15H,3-13H2,1-2H3. The van der Waals surface area contributed by atoms with Gasteiger partial charge in [-0.3, -0.25) is 14.5 Å². The van der Waals surface area contributed by atoms with Gasteiger partial charge in [0.15, 0.2) is 0 Å². The lowest BCUT2D eigenvalue weighted by Crippen LogP contribution is -2.58. The zero-order valence-corrected chi connectivity index (χ0v) is 15.0. The summed E-state index contributed by atoms with van der Waals surface area (Å²) in [5.41, 5.74) is -0.550. The van der Waals surface area contributed by atoms with Crippen molar-refractivity contribution in [3.63, 3.8) is 0 Å². The first-order valence-electron chi connectivity index (χ1n) is 9.40. The molecule has 2 saturated heterocycles. The molecule has 24 heavy (non-hydrogen) atoms. The minimum Gasteiger partial charge on any atom is -0.378 e. The molecule has 0 bridgehead atoms. The highest BCUT2D eigenvalue weighted by molar-refractivity contribution is 5.89. The van der Waals surface area contributed by atoms with Crippen molar-refractivity contribution in [3.8, 4) is 0 Å². The van der Waals surface area contributed by atoms with E-state index in [1.54, 1.807) is 0 Å². The van der Waals surface area contributed by atoms with Gasteiger partial charge in [-0.05, 0) is 38.0 Å². The molecular formula is C18H30N2O4. The van der Waals surface area contributed by atoms with Gasteiger partial charge in [0.1, 0.15) is 11.8 Å². The van der Waals surface area contributed by atoms with Crippen LogP contribution in [-0.4, -0.2) is 66.3 Å². The maximum absolute atomic E-state index is 13.0. The lowest BCUT2D eigenvalue weighted by Gasteiger charge is -2.43. The van der Waals surface area contributed by atoms with Gasteiger partial charge in [-0.25, -0.2) is 0 Å². The second-order valence-electron chi connectivity index (χ2n) is 7.41. The number of nitrogens with zero attached hydrogens (tertiary/aromatic N) is 2. The molecule has 3 aliphatic rings. The molecule has 136 valence electrons. The Bertz CT molecular complexity index is 468. The van der Waals surface area contributed by atoms with E-state index in [1.807, 2.05) is 16.7 Å². The van der Waals surface area contributed by atoms with Crippen molar-refractivity contribution < 1.29 is 19.1 Å². The van der Waals surface area contributed by atoms with E-state index in [0.29, 0.717) is 45.2 Å². The summed E-state index contributed by atoms with van der Waals surface area (Å²) in [7, 11) is 0. The Hall–Kier alpha value is -1.14. The summed E-state index contributed by atoms with van der Waals surface area (Å²) in [6, 6.07) is -0.462. The van der Waals surface area contributed by atoms with Gasteiger partial charge in [0.05, 0.1) is 19.8 Å². The molecule has 2 aliphatic heterocycles. The predicted octanol–water partition coefficient (Wildman–Crippen LogP) is 1.78. The quantitative estimate of drug-likeness (QED) is 0.787. The van der Waals surface area contributed by atoms with Gasteiger partial charge in [-0.2, -0.15) is 0 Å². The topological polar surface area (TPSA) is 59.1 Å². The maximum atomic E-state index is 13.0. The molecule has 3 fully saturated rings. The van der Waals surface area contributed by atoms with Crippen LogP contribution in [0.15, 0.2) is 0 Å². The Balaban J connectivity index is 1.80. The Morgan fingerprint density at radius 1 is 1.17 bits per heavy atom. The molecule has 1 aliphatic carbocycles. The Morgan fingerprint density at radius 3 is 2.46 bits per heavy atom. The molecule has 1 unspecified atom stereocenters. The molecule has 0 aromatic rings. The third-order valence-electron chi connectivity index (χ3n) is 5.66. The fourth-order valence-corrected chi connectivity index (χ4v) is 4.17. The van der Waals surface area contributed by atoms with Crippen LogP contribution in [0, 0.1) is 5.92 Å². The Labute approximate surface area is 144 Å². The Morgan fingerprint density at radius 2 is 1.83 bits per heavy atom. The minimum atomic E-state index is -0.550. The fourth-order valence-electron chi connectivity index (χ4n) is 4.17. The van der Waals surface area contributed by atoms with Gasteiger partial charge in [0, 0.05) is 19.5 Å². The first kappa shape index (κ1) is 17.7. The summed E-state index contributed by atoms with van der Waals surface area (Å²) in [5, 5.41) is 0. The first-order chi connectivity index (χ1) is 11.6. The van der Waals surface area contributed by atoms with Crippen molar-refractivity contribution >= 4 is 11.8 Å². The molecule has 0 N–H and O–H groups in total. The summed E-state index contributed by atoms with van der Waals surface area (Å²) in [4.78, 5) is 29.5. The van der Waals surface area contributed by atoms with Gasteiger partial charge in [0.25, 0.3) is 0 Å². The van der Waals surface area contributed by atoms with Crippen LogP contribution in [0.25, 0.3) is 0 Å². The Kier molecular flexibility index (Phi) is 5.45. The molecule has 1 saturated carbocycles. The van der Waals surface area contributed by atoms with Gasteiger partial charge in [0.2, 0.25) is 11.8 Å². The van der Waals surface area contributed by atoms with Crippen molar-refractivity contribution in [2.75, 3.05) is 32.9 Å². The molecule has 0 aromatic carbocycles. The van der Waals surface area contributed by atoms with Crippen LogP contribution in [0.1, 0.15) is 52.4 Å². The highest BCUT2D eigenvalue weighted by atomic mass is 16.5. The highest BCUT2D eigenvalue weighted by Crippen LogP contribution is 2.43. The van der Waals surface area contributed by atoms with Gasteiger partial charge in [-0.1, -0.05) is 13.8 Å². The molecule has 3 rings (SSSR count). The molecule has 1 atom stereocenters. The average Bonchev–Trinajstić information content (AvgIpc) is 2.97. The normalized spacial score (nSPS) is 33.9. The maximum Gasteiger partial charge on any atom is 0.248 e. The number of carbonyl (C=O) groups is 2. The molecular weight excluding hydrogens is 308 g/mol. The van der Waals surface area contributed by atoms with Crippen molar-refractivity contribution in [1.29, 1.82) is 0 Å². The number of rotatable bonds is 3. The van der Waals surface area contributed by atoms with Crippen molar-refractivity contribution in [2.45, 2.75) is 64.1 Å². The number of amides is 2. The van der Waals surface area contributed by atoms with E-state index in [0.717, 1.165) is 32.1 Å². The van der Waals surface area contributed by atoms with Crippen LogP contribution < -0.4 is 0 Å². The number of hydrogen-bond acceptors (Lipinski definition) is 4. The van der Waals surface area contributed by atoms with E-state index in [-0.39, 0.29) is 11.8 Å². The second kappa shape index (κ2) is 7.40. The number of ether oxygens (including phenoxy) is 2. The molecule has 2 heterocycles. The SMILES string of the molecule is CCCC(=O)N1C(C(=O)N2CCOCC2)COC12CCC(C)CC2. The summed E-state index contributed by atoms with van der Waals surface area (Å²) >= 11 is 0. The minimum absolute atomic E-state index is 0.0262. The van der Waals surface area contributed by atoms with Crippen LogP contribution in [-0.2, 0) is 19.1 Å². The zero-order chi connectivity index (χ0) is 17.2. The van der Waals surface area contributed by atoms with Gasteiger partial charge in [-0.15, -0.1) is 0 Å². The van der Waals surface area contributed by atoms with Crippen LogP contribution in [0.5, 0.6) is 0 Å². The summed E-state index contributed by atoms with van der Waals surface area (Å²) < 4.78 is 11.5. The molecule has 0 radical (unpaired) electrons. The van der Waals surface area contributed by atoms with Crippen LogP contribution >= 0.6 is 0 Å². The zero-order valence-electron chi connectivity index (χ0n) is 15.0. The molecule has 6 heteroatoms. The lowest BCUT2D eigenvalue weighted by molar-refractivity contribution is -0.164. The van der Waals surface area contributed by atoms with E-state index < -0.39 is 11.8 Å². The van der Waals surface area contributed by atoms with Crippen LogP contribution in [0.3, 0.4) is 0 Å². The summed E-state index contributed by atoms with van der Waals surface area (Å²) in [5.74, 6) is 0.755. The number of morpholine rings is 1. The average molecular weight is 338 g/mol. The predicted molar refractivity (Wildman–Crippen MR) is 89.3 cm³/mol. The smallest absolute Gasteiger partial charge is 0.248 e. The van der Waals surface area contributed by atoms with E-state index >= 15 is 0 Å². The van der Waals surface area contributed by atoms with Crippen molar-refractivity contribution in [3.05, 3.63) is 0 Å². The summed E-state index contributed by atoms with van der Waals surface area (Å²) in [6.07, 6.45) is 5.06. The second-order valence-corrected chi connectivity index (χ2v) is 7.41. The number of carbonyl (C=O) groups excluding carboxylic acids is 2. The molecule has 6 nitrogen and oxygen atoms in total.